The van der Waals surface area contributed by atoms with Crippen molar-refractivity contribution >= 4 is 29.2 Å². The summed E-state index contributed by atoms with van der Waals surface area (Å²) in [5.41, 5.74) is -0.145. The van der Waals surface area contributed by atoms with Crippen LogP contribution in [0.15, 0.2) is 36.4 Å². The van der Waals surface area contributed by atoms with Gasteiger partial charge < -0.3 is 14.7 Å². The number of carboxylic acids is 1. The van der Waals surface area contributed by atoms with E-state index in [2.05, 4.69) is 0 Å². The number of rotatable bonds is 2. The number of hydrogen-bond donors (Lipinski definition) is 1. The standard InChI is InChI=1S/C15H12ClNO4/c16-8-2-1-3-9(6-8)17-7-15-5-4-10(21-15)11(14(19)20)12(15)13(17)18/h1-6,10-12H,7H2,(H,19,20)/t10-,11-,12-,15-/m0/s1. The number of aliphatic carboxylic acids is 1. The smallest absolute Gasteiger partial charge is 0.310 e. The van der Waals surface area contributed by atoms with Crippen molar-refractivity contribution in [1.82, 2.24) is 0 Å². The summed E-state index contributed by atoms with van der Waals surface area (Å²) < 4.78 is 5.82. The third-order valence-corrected chi connectivity index (χ3v) is 4.74. The molecule has 21 heavy (non-hydrogen) atoms. The van der Waals surface area contributed by atoms with Gasteiger partial charge in [-0.15, -0.1) is 0 Å². The van der Waals surface area contributed by atoms with Crippen LogP contribution in [0.4, 0.5) is 5.69 Å². The van der Waals surface area contributed by atoms with E-state index in [4.69, 9.17) is 16.3 Å². The van der Waals surface area contributed by atoms with Crippen LogP contribution in [0.25, 0.3) is 0 Å². The Bertz CT molecular complexity index is 688. The van der Waals surface area contributed by atoms with Crippen LogP contribution in [0.2, 0.25) is 5.02 Å². The van der Waals surface area contributed by atoms with Gasteiger partial charge in [0.15, 0.2) is 0 Å². The van der Waals surface area contributed by atoms with Gasteiger partial charge in [0.2, 0.25) is 5.91 Å². The highest BCUT2D eigenvalue weighted by Crippen LogP contribution is 2.52. The van der Waals surface area contributed by atoms with Crippen molar-refractivity contribution in [2.75, 3.05) is 11.4 Å². The molecular weight excluding hydrogens is 294 g/mol. The number of halogens is 1. The zero-order chi connectivity index (χ0) is 14.8. The van der Waals surface area contributed by atoms with Gasteiger partial charge in [0.25, 0.3) is 0 Å². The fourth-order valence-electron chi connectivity index (χ4n) is 3.64. The Hall–Kier alpha value is -1.85. The first kappa shape index (κ1) is 12.9. The fraction of sp³-hybridized carbons (Fsp3) is 0.333. The molecule has 4 atom stereocenters. The molecule has 3 heterocycles. The highest BCUT2D eigenvalue weighted by molar-refractivity contribution is 6.31. The average molecular weight is 306 g/mol. The molecule has 2 fully saturated rings. The van der Waals surface area contributed by atoms with Crippen LogP contribution >= 0.6 is 11.6 Å². The number of carbonyl (C=O) groups is 2. The third kappa shape index (κ3) is 1.61. The van der Waals surface area contributed by atoms with Crippen molar-refractivity contribution < 1.29 is 19.4 Å². The molecular formula is C15H12ClNO4. The van der Waals surface area contributed by atoms with E-state index < -0.39 is 29.5 Å². The van der Waals surface area contributed by atoms with E-state index in [1.54, 1.807) is 35.2 Å². The topological polar surface area (TPSA) is 66.8 Å². The van der Waals surface area contributed by atoms with Crippen molar-refractivity contribution in [2.45, 2.75) is 11.7 Å². The molecule has 2 saturated heterocycles. The van der Waals surface area contributed by atoms with Gasteiger partial charge in [-0.05, 0) is 18.2 Å². The lowest BCUT2D eigenvalue weighted by Crippen LogP contribution is -2.39. The predicted octanol–water partition coefficient (Wildman–Crippen LogP) is 1.71. The zero-order valence-corrected chi connectivity index (χ0v) is 11.7. The van der Waals surface area contributed by atoms with Crippen LogP contribution in [0.3, 0.4) is 0 Å². The minimum Gasteiger partial charge on any atom is -0.481 e. The van der Waals surface area contributed by atoms with E-state index in [1.165, 1.54) is 0 Å². The number of nitrogens with zero attached hydrogens (tertiary/aromatic N) is 1. The number of carbonyl (C=O) groups excluding carboxylic acids is 1. The van der Waals surface area contributed by atoms with Crippen molar-refractivity contribution in [2.24, 2.45) is 11.8 Å². The second-order valence-corrected chi connectivity index (χ2v) is 6.08. The molecule has 0 aliphatic carbocycles. The highest BCUT2D eigenvalue weighted by Gasteiger charge is 2.67. The van der Waals surface area contributed by atoms with Crippen LogP contribution in [0, 0.1) is 11.8 Å². The van der Waals surface area contributed by atoms with Crippen LogP contribution in [-0.2, 0) is 14.3 Å². The summed E-state index contributed by atoms with van der Waals surface area (Å²) in [6, 6.07) is 6.97. The first-order valence-electron chi connectivity index (χ1n) is 6.69. The maximum absolute atomic E-state index is 12.7. The second kappa shape index (κ2) is 4.08. The minimum absolute atomic E-state index is 0.212. The minimum atomic E-state index is -0.988. The van der Waals surface area contributed by atoms with Crippen molar-refractivity contribution in [3.8, 4) is 0 Å². The molecule has 0 saturated carbocycles. The first-order chi connectivity index (χ1) is 10.0. The van der Waals surface area contributed by atoms with E-state index in [0.717, 1.165) is 0 Å². The van der Waals surface area contributed by atoms with Crippen LogP contribution < -0.4 is 4.90 Å². The van der Waals surface area contributed by atoms with Crippen LogP contribution in [0.1, 0.15) is 0 Å². The normalized spacial score (nSPS) is 36.3. The van der Waals surface area contributed by atoms with Gasteiger partial charge in [-0.3, -0.25) is 9.59 Å². The second-order valence-electron chi connectivity index (χ2n) is 5.64. The number of carboxylic acid groups (broad SMARTS) is 1. The maximum Gasteiger partial charge on any atom is 0.310 e. The van der Waals surface area contributed by atoms with Gasteiger partial charge in [0.1, 0.15) is 11.5 Å². The van der Waals surface area contributed by atoms with Gasteiger partial charge in [-0.2, -0.15) is 0 Å². The summed E-state index contributed by atoms with van der Waals surface area (Å²) >= 11 is 5.97. The van der Waals surface area contributed by atoms with Crippen molar-refractivity contribution in [3.63, 3.8) is 0 Å². The lowest BCUT2D eigenvalue weighted by Gasteiger charge is -2.21. The van der Waals surface area contributed by atoms with Gasteiger partial charge in [-0.1, -0.05) is 29.8 Å². The maximum atomic E-state index is 12.7. The van der Waals surface area contributed by atoms with Crippen LogP contribution in [-0.4, -0.2) is 35.2 Å². The Balaban J connectivity index is 1.75. The average Bonchev–Trinajstić information content (AvgIpc) is 3.07. The number of ether oxygens (including phenoxy) is 1. The monoisotopic (exact) mass is 305 g/mol. The molecule has 3 aliphatic rings. The highest BCUT2D eigenvalue weighted by atomic mass is 35.5. The number of amides is 1. The molecule has 0 radical (unpaired) electrons. The SMILES string of the molecule is O=C(O)[C@H]1[C@@H]2C=C[C@@]3(CN(c4cccc(Cl)c4)C(=O)[C@H]13)O2. The van der Waals surface area contributed by atoms with E-state index >= 15 is 0 Å². The Kier molecular flexibility index (Phi) is 2.50. The molecule has 1 amide bonds. The summed E-state index contributed by atoms with van der Waals surface area (Å²) in [4.78, 5) is 25.7. The molecule has 0 unspecified atom stereocenters. The fourth-order valence-corrected chi connectivity index (χ4v) is 3.83. The summed E-state index contributed by atoms with van der Waals surface area (Å²) in [5, 5.41) is 9.92. The van der Waals surface area contributed by atoms with Gasteiger partial charge >= 0.3 is 5.97 Å². The number of benzene rings is 1. The molecule has 1 N–H and O–H groups in total. The molecule has 6 heteroatoms. The van der Waals surface area contributed by atoms with E-state index in [-0.39, 0.29) is 5.91 Å². The van der Waals surface area contributed by atoms with E-state index in [0.29, 0.717) is 17.3 Å². The summed E-state index contributed by atoms with van der Waals surface area (Å²) in [6.07, 6.45) is 3.09. The van der Waals surface area contributed by atoms with Crippen LogP contribution in [0.5, 0.6) is 0 Å². The molecule has 2 bridgehead atoms. The summed E-state index contributed by atoms with van der Waals surface area (Å²) in [6.45, 7) is 0.327. The number of anilines is 1. The Morgan fingerprint density at radius 2 is 2.29 bits per heavy atom. The van der Waals surface area contributed by atoms with E-state index in [9.17, 15) is 14.7 Å². The molecule has 0 aromatic heterocycles. The molecule has 1 aromatic carbocycles. The quantitative estimate of drug-likeness (QED) is 0.845. The molecule has 1 aromatic rings. The molecule has 108 valence electrons. The predicted molar refractivity (Wildman–Crippen MR) is 75.2 cm³/mol. The van der Waals surface area contributed by atoms with Gasteiger partial charge in [0, 0.05) is 10.7 Å². The molecule has 1 spiro atoms. The first-order valence-corrected chi connectivity index (χ1v) is 7.07. The van der Waals surface area contributed by atoms with Crippen molar-refractivity contribution in [3.05, 3.63) is 41.4 Å². The summed E-state index contributed by atoms with van der Waals surface area (Å²) in [5.74, 6) is -2.68. The molecule has 5 nitrogen and oxygen atoms in total. The van der Waals surface area contributed by atoms with Gasteiger partial charge in [-0.25, -0.2) is 0 Å². The largest absolute Gasteiger partial charge is 0.481 e. The third-order valence-electron chi connectivity index (χ3n) is 4.51. The summed E-state index contributed by atoms with van der Waals surface area (Å²) in [7, 11) is 0. The lowest BCUT2D eigenvalue weighted by atomic mass is 9.77. The lowest BCUT2D eigenvalue weighted by molar-refractivity contribution is -0.146. The zero-order valence-electron chi connectivity index (χ0n) is 10.9. The van der Waals surface area contributed by atoms with Gasteiger partial charge in [0.05, 0.1) is 18.6 Å². The Morgan fingerprint density at radius 1 is 1.48 bits per heavy atom. The Morgan fingerprint density at radius 3 is 3.00 bits per heavy atom. The number of fused-ring (bicyclic) bond motifs is 1. The molecule has 3 aliphatic heterocycles. The van der Waals surface area contributed by atoms with E-state index in [1.807, 2.05) is 6.08 Å². The number of hydrogen-bond acceptors (Lipinski definition) is 3. The Labute approximate surface area is 125 Å². The van der Waals surface area contributed by atoms with Crippen molar-refractivity contribution in [1.29, 1.82) is 0 Å². The molecule has 4 rings (SSSR count).